The minimum absolute atomic E-state index is 0.0938. The lowest BCUT2D eigenvalue weighted by molar-refractivity contribution is -0.114. The van der Waals surface area contributed by atoms with E-state index in [1.54, 1.807) is 47.6 Å². The number of aromatic nitrogens is 1. The van der Waals surface area contributed by atoms with E-state index in [0.29, 0.717) is 24.3 Å². The molecule has 0 saturated heterocycles. The molecule has 0 fully saturated rings. The maximum absolute atomic E-state index is 13.0. The van der Waals surface area contributed by atoms with E-state index in [9.17, 15) is 14.4 Å². The number of carboxylic acid groups (broad SMARTS) is 1. The van der Waals surface area contributed by atoms with Gasteiger partial charge in [-0.1, -0.05) is 23.2 Å². The first kappa shape index (κ1) is 25.4. The molecule has 0 atom stereocenters. The minimum atomic E-state index is -1.63. The maximum atomic E-state index is 13.0. The first-order valence-electron chi connectivity index (χ1n) is 10.6. The standard InChI is InChI=1S/C24H16Cl2N6O5/c25-18-10-14(30-31-20(12-27)22(33)29-24(35)36)11-19(26)21(18)37-16-1-2-17-13(9-16)5-8-32(23(17)34)15-3-6-28-7-4-15/h1-4,6-7,9-11,30H,5,8H2,(H,29,33)(H,35,36). The molecule has 0 aliphatic carbocycles. The van der Waals surface area contributed by atoms with E-state index < -0.39 is 17.7 Å². The van der Waals surface area contributed by atoms with Crippen LogP contribution in [0.1, 0.15) is 15.9 Å². The van der Waals surface area contributed by atoms with E-state index >= 15 is 0 Å². The summed E-state index contributed by atoms with van der Waals surface area (Å²) in [5, 5.41) is 22.9. The molecule has 0 spiro atoms. The van der Waals surface area contributed by atoms with Crippen molar-refractivity contribution in [3.05, 3.63) is 76.0 Å². The third kappa shape index (κ3) is 5.78. The van der Waals surface area contributed by atoms with Crippen LogP contribution in [0.2, 0.25) is 10.0 Å². The molecule has 2 heterocycles. The number of hydrogen-bond acceptors (Lipinski definition) is 8. The summed E-state index contributed by atoms with van der Waals surface area (Å²) >= 11 is 12.7. The van der Waals surface area contributed by atoms with Gasteiger partial charge in [-0.3, -0.25) is 25.3 Å². The normalized spacial score (nSPS) is 12.8. The highest BCUT2D eigenvalue weighted by molar-refractivity contribution is 6.46. The van der Waals surface area contributed by atoms with Crippen molar-refractivity contribution in [2.75, 3.05) is 16.9 Å². The molecule has 186 valence electrons. The van der Waals surface area contributed by atoms with Crippen LogP contribution < -0.4 is 20.4 Å². The van der Waals surface area contributed by atoms with Crippen LogP contribution in [0.4, 0.5) is 16.2 Å². The first-order chi connectivity index (χ1) is 17.8. The molecule has 1 aliphatic rings. The van der Waals surface area contributed by atoms with Crippen LogP contribution in [-0.2, 0) is 11.2 Å². The van der Waals surface area contributed by atoms with Gasteiger partial charge < -0.3 is 14.7 Å². The molecule has 0 saturated carbocycles. The topological polar surface area (TPSA) is 157 Å². The number of carbonyl (C=O) groups excluding carboxylic acids is 2. The van der Waals surface area contributed by atoms with Gasteiger partial charge in [-0.15, -0.1) is 0 Å². The molecule has 13 heteroatoms. The van der Waals surface area contributed by atoms with E-state index in [-0.39, 0.29) is 27.4 Å². The van der Waals surface area contributed by atoms with Crippen LogP contribution in [0.15, 0.2) is 60.0 Å². The monoisotopic (exact) mass is 538 g/mol. The Kier molecular flexibility index (Phi) is 7.52. The quantitative estimate of drug-likeness (QED) is 0.306. The number of halogens is 2. The predicted octanol–water partition coefficient (Wildman–Crippen LogP) is 4.47. The van der Waals surface area contributed by atoms with Gasteiger partial charge in [0.15, 0.2) is 5.75 Å². The van der Waals surface area contributed by atoms with Crippen molar-refractivity contribution < 1.29 is 24.2 Å². The lowest BCUT2D eigenvalue weighted by Gasteiger charge is -2.28. The summed E-state index contributed by atoms with van der Waals surface area (Å²) in [5.41, 5.74) is 4.07. The van der Waals surface area contributed by atoms with Gasteiger partial charge in [0, 0.05) is 30.2 Å². The van der Waals surface area contributed by atoms with Crippen LogP contribution in [0.3, 0.4) is 0 Å². The van der Waals surface area contributed by atoms with Gasteiger partial charge in [-0.05, 0) is 54.4 Å². The Morgan fingerprint density at radius 3 is 2.49 bits per heavy atom. The zero-order chi connectivity index (χ0) is 26.5. The largest absolute Gasteiger partial charge is 0.465 e. The van der Waals surface area contributed by atoms with Gasteiger partial charge in [0.05, 0.1) is 15.7 Å². The molecule has 11 nitrogen and oxygen atoms in total. The van der Waals surface area contributed by atoms with Crippen molar-refractivity contribution in [2.24, 2.45) is 5.10 Å². The maximum Gasteiger partial charge on any atom is 0.411 e. The number of nitrogens with one attached hydrogen (secondary N) is 2. The molecule has 0 bridgehead atoms. The molecule has 2 aromatic carbocycles. The Labute approximate surface area is 219 Å². The van der Waals surface area contributed by atoms with E-state index in [0.717, 1.165) is 11.3 Å². The smallest absolute Gasteiger partial charge is 0.411 e. The Balaban J connectivity index is 1.50. The van der Waals surface area contributed by atoms with E-state index in [1.807, 2.05) is 0 Å². The van der Waals surface area contributed by atoms with Gasteiger partial charge in [-0.25, -0.2) is 4.79 Å². The molecule has 3 aromatic rings. The number of benzene rings is 2. The Hall–Kier alpha value is -4.66. The highest BCUT2D eigenvalue weighted by Crippen LogP contribution is 2.39. The van der Waals surface area contributed by atoms with E-state index in [4.69, 9.17) is 38.3 Å². The number of anilines is 2. The molecular formula is C24H16Cl2N6O5. The summed E-state index contributed by atoms with van der Waals surface area (Å²) < 4.78 is 5.89. The highest BCUT2D eigenvalue weighted by Gasteiger charge is 2.26. The number of carbonyl (C=O) groups is 3. The fourth-order valence-electron chi connectivity index (χ4n) is 3.54. The number of rotatable bonds is 6. The molecule has 1 aromatic heterocycles. The number of pyridine rings is 1. The average Bonchev–Trinajstić information content (AvgIpc) is 2.87. The predicted molar refractivity (Wildman–Crippen MR) is 135 cm³/mol. The summed E-state index contributed by atoms with van der Waals surface area (Å²) in [7, 11) is 0. The number of ether oxygens (including phenoxy) is 1. The van der Waals surface area contributed by atoms with E-state index in [2.05, 4.69) is 15.5 Å². The van der Waals surface area contributed by atoms with Crippen molar-refractivity contribution in [3.8, 4) is 17.6 Å². The number of nitrogens with zero attached hydrogens (tertiary/aromatic N) is 4. The van der Waals surface area contributed by atoms with Crippen LogP contribution in [0.25, 0.3) is 0 Å². The van der Waals surface area contributed by atoms with Gasteiger partial charge in [-0.2, -0.15) is 10.4 Å². The summed E-state index contributed by atoms with van der Waals surface area (Å²) in [6.07, 6.45) is 2.25. The first-order valence-corrected chi connectivity index (χ1v) is 11.3. The Morgan fingerprint density at radius 1 is 1.14 bits per heavy atom. The van der Waals surface area contributed by atoms with Crippen molar-refractivity contribution in [1.82, 2.24) is 10.3 Å². The fraction of sp³-hybridized carbons (Fsp3) is 0.0833. The van der Waals surface area contributed by atoms with Gasteiger partial charge in [0.2, 0.25) is 5.71 Å². The lowest BCUT2D eigenvalue weighted by atomic mass is 9.98. The number of hydrogen-bond donors (Lipinski definition) is 3. The molecule has 3 N–H and O–H groups in total. The Bertz CT molecular complexity index is 1450. The second-order valence-corrected chi connectivity index (χ2v) is 8.36. The molecule has 1 aliphatic heterocycles. The summed E-state index contributed by atoms with van der Waals surface area (Å²) in [6, 6.07) is 12.9. The third-order valence-electron chi connectivity index (χ3n) is 5.19. The second kappa shape index (κ2) is 10.9. The SMILES string of the molecule is N#CC(=NNc1cc(Cl)c(Oc2ccc3c(c2)CCN(c2ccncc2)C3=O)c(Cl)c1)C(=O)NC(=O)O. The molecule has 0 unspecified atom stereocenters. The summed E-state index contributed by atoms with van der Waals surface area (Å²) in [4.78, 5) is 40.9. The molecular weight excluding hydrogens is 523 g/mol. The summed E-state index contributed by atoms with van der Waals surface area (Å²) in [6.45, 7) is 0.497. The average molecular weight is 539 g/mol. The van der Waals surface area contributed by atoms with Gasteiger partial charge in [0.1, 0.15) is 11.8 Å². The molecule has 4 rings (SSSR count). The van der Waals surface area contributed by atoms with Crippen molar-refractivity contribution in [3.63, 3.8) is 0 Å². The number of imide groups is 1. The zero-order valence-corrected chi connectivity index (χ0v) is 20.2. The van der Waals surface area contributed by atoms with Crippen molar-refractivity contribution in [2.45, 2.75) is 6.42 Å². The highest BCUT2D eigenvalue weighted by atomic mass is 35.5. The Morgan fingerprint density at radius 2 is 1.84 bits per heavy atom. The number of nitriles is 1. The minimum Gasteiger partial charge on any atom is -0.465 e. The number of fused-ring (bicyclic) bond motifs is 1. The zero-order valence-electron chi connectivity index (χ0n) is 18.7. The van der Waals surface area contributed by atoms with Crippen molar-refractivity contribution >= 4 is 58.2 Å². The fourth-order valence-corrected chi connectivity index (χ4v) is 4.11. The second-order valence-electron chi connectivity index (χ2n) is 7.55. The number of hydrazone groups is 1. The van der Waals surface area contributed by atoms with Crippen LogP contribution in [0, 0.1) is 11.3 Å². The van der Waals surface area contributed by atoms with Crippen LogP contribution >= 0.6 is 23.2 Å². The summed E-state index contributed by atoms with van der Waals surface area (Å²) in [5.74, 6) is -0.764. The van der Waals surface area contributed by atoms with Gasteiger partial charge in [0.25, 0.3) is 11.8 Å². The molecule has 3 amide bonds. The molecule has 37 heavy (non-hydrogen) atoms. The van der Waals surface area contributed by atoms with Crippen molar-refractivity contribution in [1.29, 1.82) is 5.26 Å². The lowest BCUT2D eigenvalue weighted by Crippen LogP contribution is -2.37. The van der Waals surface area contributed by atoms with Crippen LogP contribution in [0.5, 0.6) is 11.5 Å². The number of amides is 3. The molecule has 0 radical (unpaired) electrons. The van der Waals surface area contributed by atoms with E-state index in [1.165, 1.54) is 23.5 Å². The van der Waals surface area contributed by atoms with Gasteiger partial charge >= 0.3 is 6.09 Å². The van der Waals surface area contributed by atoms with Crippen LogP contribution in [-0.4, -0.2) is 40.3 Å². The third-order valence-corrected chi connectivity index (χ3v) is 5.75.